The molecular formula is C25H36N2O6. The van der Waals surface area contributed by atoms with E-state index in [2.05, 4.69) is 24.5 Å². The van der Waals surface area contributed by atoms with Gasteiger partial charge in [0, 0.05) is 18.2 Å². The van der Waals surface area contributed by atoms with Crippen molar-refractivity contribution in [3.8, 4) is 28.7 Å². The zero-order chi connectivity index (χ0) is 24.2. The number of nitrogens with one attached hydrogen (secondary N) is 2. The first-order chi connectivity index (χ1) is 16.0. The van der Waals surface area contributed by atoms with Gasteiger partial charge >= 0.3 is 6.03 Å². The normalized spacial score (nSPS) is 11.3. The van der Waals surface area contributed by atoms with Crippen molar-refractivity contribution >= 4 is 6.03 Å². The van der Waals surface area contributed by atoms with Gasteiger partial charge in [0.2, 0.25) is 0 Å². The summed E-state index contributed by atoms with van der Waals surface area (Å²) in [5.74, 6) is 3.12. The van der Waals surface area contributed by atoms with Crippen molar-refractivity contribution < 1.29 is 28.5 Å². The first-order valence-electron chi connectivity index (χ1n) is 11.2. The fraction of sp³-hybridized carbons (Fsp3) is 0.480. The summed E-state index contributed by atoms with van der Waals surface area (Å²) >= 11 is 0. The highest BCUT2D eigenvalue weighted by Gasteiger charge is 2.16. The molecule has 0 saturated carbocycles. The standard InChI is InChI=1S/C25H36N2O6/c1-7-11-32-20-10-9-18(13-24(20)33-12-8-2)17(3)27-25(28)26-16-19-14-22(30-5)23(31-6)15-21(19)29-4/h9-10,13-15,17H,7-8,11-12,16H2,1-6H3,(H2,26,27,28). The third kappa shape index (κ3) is 7.37. The maximum Gasteiger partial charge on any atom is 0.315 e. The summed E-state index contributed by atoms with van der Waals surface area (Å²) in [4.78, 5) is 12.6. The molecule has 0 saturated heterocycles. The van der Waals surface area contributed by atoms with Crippen LogP contribution in [0.4, 0.5) is 4.79 Å². The van der Waals surface area contributed by atoms with Crippen LogP contribution < -0.4 is 34.3 Å². The summed E-state index contributed by atoms with van der Waals surface area (Å²) in [5.41, 5.74) is 1.69. The van der Waals surface area contributed by atoms with E-state index in [9.17, 15) is 4.79 Å². The maximum absolute atomic E-state index is 12.6. The molecule has 1 atom stereocenters. The van der Waals surface area contributed by atoms with Crippen molar-refractivity contribution in [2.45, 2.75) is 46.2 Å². The molecule has 8 nitrogen and oxygen atoms in total. The Labute approximate surface area is 196 Å². The van der Waals surface area contributed by atoms with Crippen molar-refractivity contribution in [3.05, 3.63) is 41.5 Å². The fourth-order valence-electron chi connectivity index (χ4n) is 3.19. The van der Waals surface area contributed by atoms with Crippen LogP contribution in [0.3, 0.4) is 0 Å². The van der Waals surface area contributed by atoms with E-state index in [1.165, 1.54) is 0 Å². The third-order valence-electron chi connectivity index (χ3n) is 4.96. The Morgan fingerprint density at radius 3 is 2.03 bits per heavy atom. The molecule has 0 heterocycles. The minimum atomic E-state index is -0.304. The summed E-state index contributed by atoms with van der Waals surface area (Å²) in [6, 6.07) is 8.72. The molecule has 2 aromatic carbocycles. The number of rotatable bonds is 13. The Morgan fingerprint density at radius 2 is 1.42 bits per heavy atom. The smallest absolute Gasteiger partial charge is 0.315 e. The molecule has 2 rings (SSSR count). The highest BCUT2D eigenvalue weighted by molar-refractivity contribution is 5.74. The summed E-state index contributed by atoms with van der Waals surface area (Å²) in [7, 11) is 4.69. The predicted octanol–water partition coefficient (Wildman–Crippen LogP) is 4.85. The molecule has 0 aromatic heterocycles. The van der Waals surface area contributed by atoms with E-state index >= 15 is 0 Å². The van der Waals surface area contributed by atoms with E-state index in [4.69, 9.17) is 23.7 Å². The van der Waals surface area contributed by atoms with Gasteiger partial charge < -0.3 is 34.3 Å². The lowest BCUT2D eigenvalue weighted by atomic mass is 10.1. The highest BCUT2D eigenvalue weighted by Crippen LogP contribution is 2.34. The lowest BCUT2D eigenvalue weighted by Crippen LogP contribution is -2.36. The molecule has 0 aliphatic heterocycles. The number of hydrogen-bond donors (Lipinski definition) is 2. The quantitative estimate of drug-likeness (QED) is 0.444. The average molecular weight is 461 g/mol. The van der Waals surface area contributed by atoms with Gasteiger partial charge in [-0.05, 0) is 43.5 Å². The molecule has 182 valence electrons. The Bertz CT molecular complexity index is 903. The number of carbonyl (C=O) groups is 1. The van der Waals surface area contributed by atoms with Crippen LogP contribution in [0, 0.1) is 0 Å². The minimum absolute atomic E-state index is 0.235. The van der Waals surface area contributed by atoms with Gasteiger partial charge in [-0.25, -0.2) is 4.79 Å². The molecule has 2 amide bonds. The van der Waals surface area contributed by atoms with Gasteiger partial charge in [-0.3, -0.25) is 0 Å². The third-order valence-corrected chi connectivity index (χ3v) is 4.96. The van der Waals surface area contributed by atoms with Gasteiger partial charge in [0.25, 0.3) is 0 Å². The number of ether oxygens (including phenoxy) is 5. The van der Waals surface area contributed by atoms with Crippen LogP contribution in [0.1, 0.15) is 50.8 Å². The van der Waals surface area contributed by atoms with Crippen molar-refractivity contribution in [2.75, 3.05) is 34.5 Å². The van der Waals surface area contributed by atoms with Gasteiger partial charge in [-0.15, -0.1) is 0 Å². The second-order valence-electron chi connectivity index (χ2n) is 7.47. The molecule has 33 heavy (non-hydrogen) atoms. The largest absolute Gasteiger partial charge is 0.496 e. The van der Waals surface area contributed by atoms with Gasteiger partial charge in [0.05, 0.1) is 40.6 Å². The topological polar surface area (TPSA) is 87.3 Å². The van der Waals surface area contributed by atoms with Crippen LogP contribution in [0.2, 0.25) is 0 Å². The number of amides is 2. The molecule has 2 N–H and O–H groups in total. The Kier molecular flexibility index (Phi) is 10.5. The first kappa shape index (κ1) is 26.0. The summed E-state index contributed by atoms with van der Waals surface area (Å²) in [6.45, 7) is 7.51. The number of methoxy groups -OCH3 is 3. The lowest BCUT2D eigenvalue weighted by molar-refractivity contribution is 0.237. The van der Waals surface area contributed by atoms with Crippen LogP contribution in [-0.4, -0.2) is 40.6 Å². The van der Waals surface area contributed by atoms with E-state index < -0.39 is 0 Å². The second kappa shape index (κ2) is 13.3. The summed E-state index contributed by atoms with van der Waals surface area (Å²) < 4.78 is 27.7. The minimum Gasteiger partial charge on any atom is -0.496 e. The highest BCUT2D eigenvalue weighted by atomic mass is 16.5. The van der Waals surface area contributed by atoms with Gasteiger partial charge in [-0.1, -0.05) is 19.9 Å². The van der Waals surface area contributed by atoms with E-state index in [0.717, 1.165) is 24.0 Å². The molecule has 2 aromatic rings. The van der Waals surface area contributed by atoms with Crippen LogP contribution in [0.5, 0.6) is 28.7 Å². The number of carbonyl (C=O) groups excluding carboxylic acids is 1. The first-order valence-corrected chi connectivity index (χ1v) is 11.2. The fourth-order valence-corrected chi connectivity index (χ4v) is 3.19. The van der Waals surface area contributed by atoms with E-state index in [1.807, 2.05) is 25.1 Å². The Morgan fingerprint density at radius 1 is 0.818 bits per heavy atom. The molecule has 0 bridgehead atoms. The summed E-state index contributed by atoms with van der Waals surface area (Å²) in [6.07, 6.45) is 1.81. The van der Waals surface area contributed by atoms with Crippen molar-refractivity contribution in [2.24, 2.45) is 0 Å². The van der Waals surface area contributed by atoms with Crippen LogP contribution >= 0.6 is 0 Å². The van der Waals surface area contributed by atoms with Crippen LogP contribution in [0.15, 0.2) is 30.3 Å². The Hall–Kier alpha value is -3.29. The molecule has 8 heteroatoms. The van der Waals surface area contributed by atoms with Crippen LogP contribution in [0.25, 0.3) is 0 Å². The second-order valence-corrected chi connectivity index (χ2v) is 7.47. The number of hydrogen-bond acceptors (Lipinski definition) is 6. The van der Waals surface area contributed by atoms with Crippen molar-refractivity contribution in [1.82, 2.24) is 10.6 Å². The molecule has 0 aliphatic rings. The average Bonchev–Trinajstić information content (AvgIpc) is 2.84. The van der Waals surface area contributed by atoms with Crippen molar-refractivity contribution in [3.63, 3.8) is 0 Å². The number of urea groups is 1. The molecular weight excluding hydrogens is 424 g/mol. The van der Waals surface area contributed by atoms with Gasteiger partial charge in [0.1, 0.15) is 5.75 Å². The Balaban J connectivity index is 2.05. The van der Waals surface area contributed by atoms with Gasteiger partial charge in [-0.2, -0.15) is 0 Å². The lowest BCUT2D eigenvalue weighted by Gasteiger charge is -2.19. The maximum atomic E-state index is 12.6. The zero-order valence-corrected chi connectivity index (χ0v) is 20.4. The molecule has 1 unspecified atom stereocenters. The predicted molar refractivity (Wildman–Crippen MR) is 128 cm³/mol. The summed E-state index contributed by atoms with van der Waals surface area (Å²) in [5, 5.41) is 5.83. The van der Waals surface area contributed by atoms with E-state index in [0.29, 0.717) is 42.0 Å². The van der Waals surface area contributed by atoms with Crippen LogP contribution in [-0.2, 0) is 6.54 Å². The van der Waals surface area contributed by atoms with E-state index in [-0.39, 0.29) is 18.6 Å². The number of benzene rings is 2. The van der Waals surface area contributed by atoms with Gasteiger partial charge in [0.15, 0.2) is 23.0 Å². The monoisotopic (exact) mass is 460 g/mol. The molecule has 0 radical (unpaired) electrons. The molecule has 0 spiro atoms. The zero-order valence-electron chi connectivity index (χ0n) is 20.4. The SMILES string of the molecule is CCCOc1ccc(C(C)NC(=O)NCc2cc(OC)c(OC)cc2OC)cc1OCCC. The molecule has 0 aliphatic carbocycles. The van der Waals surface area contributed by atoms with Crippen molar-refractivity contribution in [1.29, 1.82) is 0 Å². The molecule has 0 fully saturated rings. The van der Waals surface area contributed by atoms with E-state index in [1.54, 1.807) is 33.5 Å².